The largest absolute Gasteiger partial charge is 0.229 e. The highest BCUT2D eigenvalue weighted by molar-refractivity contribution is 9.11. The number of rotatable bonds is 1. The van der Waals surface area contributed by atoms with Crippen molar-refractivity contribution in [3.63, 3.8) is 0 Å². The van der Waals surface area contributed by atoms with Crippen LogP contribution in [0, 0.1) is 6.92 Å². The van der Waals surface area contributed by atoms with Crippen LogP contribution in [0.25, 0.3) is 21.3 Å². The number of fused-ring (bicyclic) bond motifs is 1. The summed E-state index contributed by atoms with van der Waals surface area (Å²) >= 11 is 5.12. The van der Waals surface area contributed by atoms with Crippen molar-refractivity contribution in [3.05, 3.63) is 51.9 Å². The lowest BCUT2D eigenvalue weighted by molar-refractivity contribution is 1.39. The van der Waals surface area contributed by atoms with Gasteiger partial charge in [-0.25, -0.2) is 4.98 Å². The van der Waals surface area contributed by atoms with Gasteiger partial charge in [0.1, 0.15) is 0 Å². The molecule has 1 heterocycles. The summed E-state index contributed by atoms with van der Waals surface area (Å²) in [6.45, 7) is 2.14. The molecule has 0 spiro atoms. The molecule has 0 aliphatic carbocycles. The Morgan fingerprint density at radius 1 is 1.06 bits per heavy atom. The highest BCUT2D eigenvalue weighted by Gasteiger charge is 2.09. The fourth-order valence-corrected chi connectivity index (χ4v) is 3.48. The van der Waals surface area contributed by atoms with E-state index in [2.05, 4.69) is 64.2 Å². The molecule has 0 atom stereocenters. The molecule has 0 aliphatic rings. The summed E-state index contributed by atoms with van der Waals surface area (Å²) in [4.78, 5) is 4.53. The monoisotopic (exact) mass is 303 g/mol. The molecule has 0 saturated heterocycles. The topological polar surface area (TPSA) is 12.9 Å². The number of aromatic nitrogens is 1. The minimum absolute atomic E-state index is 0.945. The van der Waals surface area contributed by atoms with E-state index in [0.29, 0.717) is 0 Å². The predicted octanol–water partition coefficient (Wildman–Crippen LogP) is 5.03. The van der Waals surface area contributed by atoms with E-state index in [1.165, 1.54) is 21.4 Å². The zero-order valence-corrected chi connectivity index (χ0v) is 11.7. The maximum Gasteiger partial charge on any atom is 0.160 e. The van der Waals surface area contributed by atoms with Crippen LogP contribution in [0.2, 0.25) is 0 Å². The number of halogens is 1. The Hall–Kier alpha value is -1.19. The molecule has 0 saturated carbocycles. The third-order valence-electron chi connectivity index (χ3n) is 2.87. The zero-order chi connectivity index (χ0) is 11.8. The van der Waals surface area contributed by atoms with Gasteiger partial charge in [0, 0.05) is 0 Å². The van der Waals surface area contributed by atoms with Crippen LogP contribution in [0.5, 0.6) is 0 Å². The Balaban J connectivity index is 2.28. The number of hydrogen-bond donors (Lipinski definition) is 0. The number of aryl methyl sites for hydroxylation is 1. The molecule has 0 amide bonds. The fraction of sp³-hybridized carbons (Fsp3) is 0.0714. The predicted molar refractivity (Wildman–Crippen MR) is 77.5 cm³/mol. The molecular weight excluding hydrogens is 294 g/mol. The van der Waals surface area contributed by atoms with E-state index >= 15 is 0 Å². The Labute approximate surface area is 112 Å². The number of thiazole rings is 1. The van der Waals surface area contributed by atoms with Crippen LogP contribution >= 0.6 is 27.3 Å². The minimum Gasteiger partial charge on any atom is -0.229 e. The van der Waals surface area contributed by atoms with E-state index in [1.54, 1.807) is 11.3 Å². The van der Waals surface area contributed by atoms with Gasteiger partial charge in [0.05, 0.1) is 10.2 Å². The number of nitrogens with zero attached hydrogens (tertiary/aromatic N) is 1. The second kappa shape index (κ2) is 4.24. The van der Waals surface area contributed by atoms with Gasteiger partial charge in [0.25, 0.3) is 0 Å². The first kappa shape index (κ1) is 10.9. The van der Waals surface area contributed by atoms with Crippen LogP contribution in [0.1, 0.15) is 5.56 Å². The van der Waals surface area contributed by atoms with Crippen LogP contribution < -0.4 is 0 Å². The van der Waals surface area contributed by atoms with E-state index in [1.807, 2.05) is 6.07 Å². The Bertz CT molecular complexity index is 673. The molecule has 0 N–H and O–H groups in total. The van der Waals surface area contributed by atoms with Crippen LogP contribution in [-0.4, -0.2) is 4.98 Å². The standard InChI is InChI=1S/C14H10BrNS/c1-9-11(10-5-3-2-4-6-10)7-8-12-13(9)16-14(15)17-12/h2-8H,1H3. The molecule has 17 heavy (non-hydrogen) atoms. The SMILES string of the molecule is Cc1c(-c2ccccc2)ccc2sc(Br)nc12. The van der Waals surface area contributed by atoms with E-state index < -0.39 is 0 Å². The first-order chi connectivity index (χ1) is 8.25. The van der Waals surface area contributed by atoms with Gasteiger partial charge in [0.2, 0.25) is 0 Å². The smallest absolute Gasteiger partial charge is 0.160 e. The molecule has 0 bridgehead atoms. The van der Waals surface area contributed by atoms with Crippen molar-refractivity contribution in [3.8, 4) is 11.1 Å². The van der Waals surface area contributed by atoms with Gasteiger partial charge < -0.3 is 0 Å². The average molecular weight is 304 g/mol. The first-order valence-corrected chi connectivity index (χ1v) is 6.98. The zero-order valence-electron chi connectivity index (χ0n) is 9.27. The molecule has 84 valence electrons. The van der Waals surface area contributed by atoms with Gasteiger partial charge >= 0.3 is 0 Å². The molecule has 3 heteroatoms. The highest BCUT2D eigenvalue weighted by Crippen LogP contribution is 2.33. The average Bonchev–Trinajstić information content (AvgIpc) is 2.72. The van der Waals surface area contributed by atoms with Gasteiger partial charge in [0.15, 0.2) is 3.92 Å². The van der Waals surface area contributed by atoms with Crippen molar-refractivity contribution in [1.82, 2.24) is 4.98 Å². The van der Waals surface area contributed by atoms with Gasteiger partial charge in [-0.3, -0.25) is 0 Å². The second-order valence-corrected chi connectivity index (χ2v) is 6.22. The molecule has 3 aromatic rings. The van der Waals surface area contributed by atoms with Gasteiger partial charge in [-0.2, -0.15) is 0 Å². The summed E-state index contributed by atoms with van der Waals surface area (Å²) in [5.74, 6) is 0. The summed E-state index contributed by atoms with van der Waals surface area (Å²) in [6, 6.07) is 14.8. The molecule has 0 unspecified atom stereocenters. The van der Waals surface area contributed by atoms with Crippen molar-refractivity contribution in [2.24, 2.45) is 0 Å². The van der Waals surface area contributed by atoms with Gasteiger partial charge in [-0.1, -0.05) is 36.4 Å². The molecule has 3 rings (SSSR count). The van der Waals surface area contributed by atoms with Crippen molar-refractivity contribution in [2.45, 2.75) is 6.92 Å². The van der Waals surface area contributed by atoms with Crippen molar-refractivity contribution in [2.75, 3.05) is 0 Å². The van der Waals surface area contributed by atoms with Crippen molar-refractivity contribution >= 4 is 37.5 Å². The molecule has 1 aromatic heterocycles. The molecular formula is C14H10BrNS. The van der Waals surface area contributed by atoms with E-state index in [4.69, 9.17) is 0 Å². The van der Waals surface area contributed by atoms with E-state index in [9.17, 15) is 0 Å². The van der Waals surface area contributed by atoms with Crippen LogP contribution in [0.4, 0.5) is 0 Å². The summed E-state index contributed by atoms with van der Waals surface area (Å²) in [6.07, 6.45) is 0. The fourth-order valence-electron chi connectivity index (χ4n) is 2.03. The number of hydrogen-bond acceptors (Lipinski definition) is 2. The third-order valence-corrected chi connectivity index (χ3v) is 4.34. The lowest BCUT2D eigenvalue weighted by Gasteiger charge is -2.06. The molecule has 2 aromatic carbocycles. The maximum absolute atomic E-state index is 4.53. The quantitative estimate of drug-likeness (QED) is 0.614. The summed E-state index contributed by atoms with van der Waals surface area (Å²) in [5, 5.41) is 0. The molecule has 1 nitrogen and oxygen atoms in total. The number of benzene rings is 2. The third kappa shape index (κ3) is 1.90. The Kier molecular flexibility index (Phi) is 2.73. The molecule has 0 fully saturated rings. The van der Waals surface area contributed by atoms with Crippen molar-refractivity contribution in [1.29, 1.82) is 0 Å². The Morgan fingerprint density at radius 3 is 2.59 bits per heavy atom. The lowest BCUT2D eigenvalue weighted by atomic mass is 10.00. The van der Waals surface area contributed by atoms with Crippen molar-refractivity contribution < 1.29 is 0 Å². The second-order valence-electron chi connectivity index (χ2n) is 3.92. The summed E-state index contributed by atoms with van der Waals surface area (Å²) < 4.78 is 2.18. The van der Waals surface area contributed by atoms with Crippen LogP contribution in [-0.2, 0) is 0 Å². The lowest BCUT2D eigenvalue weighted by Crippen LogP contribution is -1.84. The summed E-state index contributed by atoms with van der Waals surface area (Å²) in [5.41, 5.74) is 4.85. The van der Waals surface area contributed by atoms with Crippen LogP contribution in [0.15, 0.2) is 46.4 Å². The van der Waals surface area contributed by atoms with E-state index in [-0.39, 0.29) is 0 Å². The normalized spacial score (nSPS) is 10.9. The highest BCUT2D eigenvalue weighted by atomic mass is 79.9. The van der Waals surface area contributed by atoms with Gasteiger partial charge in [-0.15, -0.1) is 11.3 Å². The summed E-state index contributed by atoms with van der Waals surface area (Å²) in [7, 11) is 0. The molecule has 0 aliphatic heterocycles. The first-order valence-electron chi connectivity index (χ1n) is 5.37. The van der Waals surface area contributed by atoms with Gasteiger partial charge in [-0.05, 0) is 45.6 Å². The molecule has 0 radical (unpaired) electrons. The Morgan fingerprint density at radius 2 is 1.82 bits per heavy atom. The maximum atomic E-state index is 4.53. The van der Waals surface area contributed by atoms with E-state index in [0.717, 1.165) is 9.43 Å². The minimum atomic E-state index is 0.945. The van der Waals surface area contributed by atoms with Crippen LogP contribution in [0.3, 0.4) is 0 Å².